The molecule has 0 atom stereocenters. The average Bonchev–Trinajstić information content (AvgIpc) is 3.25. The fraction of sp³-hybridized carbons (Fsp3) is 0.400. The molecular formula is C40H36BF20N. The van der Waals surface area contributed by atoms with Gasteiger partial charge >= 0.3 is 0 Å². The van der Waals surface area contributed by atoms with Crippen LogP contribution in [0.25, 0.3) is 0 Å². The van der Waals surface area contributed by atoms with Crippen molar-refractivity contribution in [1.82, 2.24) is 0 Å². The zero-order valence-corrected chi connectivity index (χ0v) is 33.1. The number of nitrogens with zero attached hydrogens (tertiary/aromatic N) is 1. The molecule has 0 radical (unpaired) electrons. The summed E-state index contributed by atoms with van der Waals surface area (Å²) in [6.07, 6.45) is 3.84. The number of quaternary nitrogens is 1. The van der Waals surface area contributed by atoms with E-state index in [2.05, 4.69) is 27.7 Å². The van der Waals surface area contributed by atoms with Crippen LogP contribution in [0.3, 0.4) is 0 Å². The van der Waals surface area contributed by atoms with Gasteiger partial charge in [-0.1, -0.05) is 53.4 Å². The highest BCUT2D eigenvalue weighted by atomic mass is 19.2. The predicted octanol–water partition coefficient (Wildman–Crippen LogP) is 10.8. The fourth-order valence-corrected chi connectivity index (χ4v) is 7.52. The van der Waals surface area contributed by atoms with Gasteiger partial charge in [-0.2, -0.15) is 0 Å². The van der Waals surface area contributed by atoms with Crippen LogP contribution in [0, 0.1) is 116 Å². The van der Waals surface area contributed by atoms with Gasteiger partial charge in [0.1, 0.15) is 52.7 Å². The predicted molar refractivity (Wildman–Crippen MR) is 189 cm³/mol. The summed E-state index contributed by atoms with van der Waals surface area (Å²) in [4.78, 5) is 0. The molecular weight excluding hydrogens is 885 g/mol. The van der Waals surface area contributed by atoms with Gasteiger partial charge in [0.25, 0.3) is 0 Å². The largest absolute Gasteiger partial charge is 0.324 e. The van der Waals surface area contributed by atoms with Crippen LogP contribution >= 0.6 is 0 Å². The van der Waals surface area contributed by atoms with Crippen LogP contribution in [-0.4, -0.2) is 36.8 Å². The third-order valence-corrected chi connectivity index (χ3v) is 10.7. The molecule has 0 saturated carbocycles. The lowest BCUT2D eigenvalue weighted by atomic mass is 9.12. The highest BCUT2D eigenvalue weighted by Crippen LogP contribution is 2.31. The molecule has 0 spiro atoms. The van der Waals surface area contributed by atoms with Crippen molar-refractivity contribution in [2.75, 3.05) is 26.2 Å². The van der Waals surface area contributed by atoms with Gasteiger partial charge in [0, 0.05) is 0 Å². The Kier molecular flexibility index (Phi) is 17.4. The van der Waals surface area contributed by atoms with Gasteiger partial charge in [-0.25, -0.2) is 87.8 Å². The van der Waals surface area contributed by atoms with E-state index < -0.39 is 144 Å². The van der Waals surface area contributed by atoms with Crippen molar-refractivity contribution < 1.29 is 92.3 Å². The second-order valence-electron chi connectivity index (χ2n) is 14.5. The molecule has 22 heteroatoms. The average molecular weight is 922 g/mol. The van der Waals surface area contributed by atoms with E-state index in [1.807, 2.05) is 0 Å². The minimum absolute atomic E-state index is 1.35. The Morgan fingerprint density at radius 1 is 0.242 bits per heavy atom. The maximum atomic E-state index is 15.4. The van der Waals surface area contributed by atoms with Crippen LogP contribution in [0.4, 0.5) is 87.8 Å². The van der Waals surface area contributed by atoms with Crippen LogP contribution in [-0.2, 0) is 0 Å². The molecule has 0 N–H and O–H groups in total. The molecule has 0 aromatic heterocycles. The van der Waals surface area contributed by atoms with Crippen molar-refractivity contribution in [2.24, 2.45) is 0 Å². The zero-order chi connectivity index (χ0) is 47.3. The van der Waals surface area contributed by atoms with Gasteiger partial charge < -0.3 is 4.48 Å². The van der Waals surface area contributed by atoms with Gasteiger partial charge in [-0.3, -0.25) is 0 Å². The maximum Gasteiger partial charge on any atom is 0.200 e. The highest BCUT2D eigenvalue weighted by Gasteiger charge is 2.52. The van der Waals surface area contributed by atoms with Crippen LogP contribution in [0.1, 0.15) is 79.1 Å². The summed E-state index contributed by atoms with van der Waals surface area (Å²) < 4.78 is 295. The van der Waals surface area contributed by atoms with Crippen molar-refractivity contribution in [3.63, 3.8) is 0 Å². The van der Waals surface area contributed by atoms with Gasteiger partial charge in [-0.15, -0.1) is 21.9 Å². The van der Waals surface area contributed by atoms with E-state index >= 15 is 35.1 Å². The quantitative estimate of drug-likeness (QED) is 0.0345. The Balaban J connectivity index is 0.000000509. The third kappa shape index (κ3) is 8.98. The fourth-order valence-electron chi connectivity index (χ4n) is 7.52. The molecule has 0 bridgehead atoms. The van der Waals surface area contributed by atoms with Crippen molar-refractivity contribution in [1.29, 1.82) is 0 Å². The van der Waals surface area contributed by atoms with E-state index in [9.17, 15) is 52.7 Å². The molecule has 62 heavy (non-hydrogen) atoms. The van der Waals surface area contributed by atoms with Crippen LogP contribution < -0.4 is 21.9 Å². The molecule has 0 aliphatic heterocycles. The number of benzene rings is 4. The van der Waals surface area contributed by atoms with E-state index in [0.717, 1.165) is 0 Å². The monoisotopic (exact) mass is 921 g/mol. The molecule has 4 rings (SSSR count). The molecule has 4 aromatic carbocycles. The summed E-state index contributed by atoms with van der Waals surface area (Å²) in [7, 11) is 0. The van der Waals surface area contributed by atoms with Crippen LogP contribution in [0.5, 0.6) is 0 Å². The second-order valence-corrected chi connectivity index (χ2v) is 14.5. The van der Waals surface area contributed by atoms with Crippen molar-refractivity contribution in [2.45, 2.75) is 79.1 Å². The molecule has 0 heterocycles. The SMILES string of the molecule is CCCC[N+](CCCC)(CCCC)CCCC.Fc1c(F)c(F)c([B-](c2c(F)c(F)c(F)c(F)c2F)(c2c(F)c(F)c(F)c(F)c2F)c2c(F)c(F)c(F)c(F)c2F)c(F)c1F. The number of rotatable bonds is 16. The second kappa shape index (κ2) is 20.8. The Hall–Kier alpha value is -4.50. The van der Waals surface area contributed by atoms with E-state index in [1.54, 1.807) is 0 Å². The van der Waals surface area contributed by atoms with Gasteiger partial charge in [0.05, 0.1) is 26.2 Å². The summed E-state index contributed by atoms with van der Waals surface area (Å²) in [5.41, 5.74) is -14.3. The van der Waals surface area contributed by atoms with E-state index in [0.29, 0.717) is 0 Å². The summed E-state index contributed by atoms with van der Waals surface area (Å²) in [6.45, 7) is 15.0. The molecule has 4 aromatic rings. The van der Waals surface area contributed by atoms with E-state index in [4.69, 9.17) is 0 Å². The first-order valence-electron chi connectivity index (χ1n) is 19.0. The first-order chi connectivity index (χ1) is 28.9. The molecule has 0 fully saturated rings. The standard InChI is InChI=1S/C24BF20.C16H36N/c26-5-1(6(27)14(35)21(42)13(5)34)25(2-7(28)15(36)22(43)16(37)8(2)29,3-9(30)17(38)23(44)18(39)10(3)31)4-11(32)19(40)24(45)20(41)12(4)33;1-5-9-13-17(14-10-6-2,15-11-7-3)16-12-8-4/h;5-16H2,1-4H3/q-1;+1. The Labute approximate surface area is 341 Å². The summed E-state index contributed by atoms with van der Waals surface area (Å²) >= 11 is 0. The Morgan fingerprint density at radius 3 is 0.500 bits per heavy atom. The summed E-state index contributed by atoms with van der Waals surface area (Å²) in [5.74, 6) is -71.4. The van der Waals surface area contributed by atoms with Crippen LogP contribution in [0.2, 0.25) is 0 Å². The smallest absolute Gasteiger partial charge is 0.200 e. The Morgan fingerprint density at radius 2 is 0.371 bits per heavy atom. The lowest BCUT2D eigenvalue weighted by molar-refractivity contribution is -0.929. The molecule has 1 nitrogen and oxygen atoms in total. The Bertz CT molecular complexity index is 1860. The normalized spacial score (nSPS) is 12.0. The molecule has 0 aliphatic carbocycles. The third-order valence-electron chi connectivity index (χ3n) is 10.7. The first kappa shape index (κ1) is 51.9. The first-order valence-corrected chi connectivity index (χ1v) is 19.0. The number of halogens is 20. The van der Waals surface area contributed by atoms with Gasteiger partial charge in [0.15, 0.2) is 69.8 Å². The van der Waals surface area contributed by atoms with E-state index in [1.165, 1.54) is 82.0 Å². The molecule has 344 valence electrons. The summed E-state index contributed by atoms with van der Waals surface area (Å²) in [6, 6.07) is 0. The van der Waals surface area contributed by atoms with Gasteiger partial charge in [-0.05, 0) is 25.7 Å². The molecule has 0 saturated heterocycles. The summed E-state index contributed by atoms with van der Waals surface area (Å²) in [5, 5.41) is 0. The van der Waals surface area contributed by atoms with Crippen LogP contribution in [0.15, 0.2) is 0 Å². The lowest BCUT2D eigenvalue weighted by Gasteiger charge is -2.44. The minimum Gasteiger partial charge on any atom is -0.324 e. The van der Waals surface area contributed by atoms with Crippen molar-refractivity contribution >= 4 is 28.0 Å². The number of unbranched alkanes of at least 4 members (excludes halogenated alkanes) is 4. The molecule has 0 unspecified atom stereocenters. The minimum atomic E-state index is -7.22. The van der Waals surface area contributed by atoms with Gasteiger partial charge in [0.2, 0.25) is 0 Å². The number of hydrogen-bond donors (Lipinski definition) is 0. The van der Waals surface area contributed by atoms with Crippen molar-refractivity contribution in [3.8, 4) is 0 Å². The van der Waals surface area contributed by atoms with E-state index in [-0.39, 0.29) is 0 Å². The number of hydrogen-bond acceptors (Lipinski definition) is 0. The molecule has 0 amide bonds. The maximum absolute atomic E-state index is 15.4. The van der Waals surface area contributed by atoms with Crippen molar-refractivity contribution in [3.05, 3.63) is 116 Å². The topological polar surface area (TPSA) is 0 Å². The lowest BCUT2D eigenvalue weighted by Crippen LogP contribution is -2.81. The molecule has 0 aliphatic rings. The zero-order valence-electron chi connectivity index (χ0n) is 33.1. The highest BCUT2D eigenvalue weighted by molar-refractivity contribution is 7.20.